The number of halogens is 2. The molecule has 4 bridgehead atoms. The van der Waals surface area contributed by atoms with E-state index in [9.17, 15) is 0 Å². The van der Waals surface area contributed by atoms with Gasteiger partial charge in [-0.05, 0) is 78.3 Å². The lowest BCUT2D eigenvalue weighted by molar-refractivity contribution is 0.0105. The van der Waals surface area contributed by atoms with Crippen LogP contribution in [0.2, 0.25) is 5.02 Å². The largest absolute Gasteiger partial charge is 0.363 e. The molecule has 1 aromatic rings. The van der Waals surface area contributed by atoms with Gasteiger partial charge in [0.2, 0.25) is 0 Å². The third-order valence-corrected chi connectivity index (χ3v) is 5.95. The molecule has 5 rings (SSSR count). The van der Waals surface area contributed by atoms with Gasteiger partial charge in [-0.1, -0.05) is 11.6 Å². The van der Waals surface area contributed by atoms with Gasteiger partial charge in [-0.3, -0.25) is 0 Å². The van der Waals surface area contributed by atoms with Crippen molar-refractivity contribution in [2.24, 2.45) is 17.8 Å². The maximum Gasteiger partial charge on any atom is 0.145 e. The van der Waals surface area contributed by atoms with E-state index in [2.05, 4.69) is 26.2 Å². The third-order valence-electron chi connectivity index (χ3n) is 5.23. The van der Waals surface area contributed by atoms with Gasteiger partial charge in [-0.25, -0.2) is 4.98 Å². The highest BCUT2D eigenvalue weighted by Crippen LogP contribution is 2.56. The lowest BCUT2D eigenvalue weighted by Gasteiger charge is -2.57. The van der Waals surface area contributed by atoms with E-state index < -0.39 is 0 Å². The van der Waals surface area contributed by atoms with Crippen molar-refractivity contribution < 1.29 is 0 Å². The second-order valence-electron chi connectivity index (χ2n) is 6.81. The summed E-state index contributed by atoms with van der Waals surface area (Å²) in [5.41, 5.74) is 0.277. The highest BCUT2D eigenvalue weighted by molar-refractivity contribution is 9.10. The molecule has 4 fully saturated rings. The van der Waals surface area contributed by atoms with Crippen molar-refractivity contribution in [1.29, 1.82) is 0 Å². The molecule has 0 amide bonds. The normalized spacial score (nSPS) is 39.6. The topological polar surface area (TPSA) is 24.9 Å². The van der Waals surface area contributed by atoms with E-state index in [1.165, 1.54) is 38.5 Å². The standard InChI is InChI=1S/C15H18BrClN2/c16-12-4-13(17)14(18-8-12)19-15-5-9-1-10(6-15)3-11(2-9)7-15/h4,8-11H,1-3,5-7H2,(H,18,19). The van der Waals surface area contributed by atoms with Crippen LogP contribution in [-0.4, -0.2) is 10.5 Å². The Balaban J connectivity index is 1.62. The molecular weight excluding hydrogens is 324 g/mol. The number of nitrogens with zero attached hydrogens (tertiary/aromatic N) is 1. The Labute approximate surface area is 127 Å². The van der Waals surface area contributed by atoms with Gasteiger partial charge in [0, 0.05) is 16.2 Å². The van der Waals surface area contributed by atoms with Gasteiger partial charge in [-0.15, -0.1) is 0 Å². The first-order valence-corrected chi connectivity index (χ1v) is 8.38. The summed E-state index contributed by atoms with van der Waals surface area (Å²) in [6.07, 6.45) is 10.1. The number of nitrogens with one attached hydrogen (secondary N) is 1. The van der Waals surface area contributed by atoms with E-state index >= 15 is 0 Å². The van der Waals surface area contributed by atoms with Crippen LogP contribution < -0.4 is 5.32 Å². The van der Waals surface area contributed by atoms with Gasteiger partial charge in [-0.2, -0.15) is 0 Å². The van der Waals surface area contributed by atoms with Crippen LogP contribution in [0.4, 0.5) is 5.82 Å². The van der Waals surface area contributed by atoms with Gasteiger partial charge < -0.3 is 5.32 Å². The van der Waals surface area contributed by atoms with E-state index in [1.54, 1.807) is 0 Å². The number of pyridine rings is 1. The lowest BCUT2D eigenvalue weighted by atomic mass is 9.53. The van der Waals surface area contributed by atoms with Crippen LogP contribution in [0.15, 0.2) is 16.7 Å². The predicted octanol–water partition coefficient (Wildman–Crippen LogP) is 4.88. The molecule has 4 aliphatic carbocycles. The molecule has 1 N–H and O–H groups in total. The van der Waals surface area contributed by atoms with Crippen molar-refractivity contribution in [3.8, 4) is 0 Å². The van der Waals surface area contributed by atoms with Crippen molar-refractivity contribution in [1.82, 2.24) is 4.98 Å². The van der Waals surface area contributed by atoms with Crippen molar-refractivity contribution >= 4 is 33.3 Å². The van der Waals surface area contributed by atoms with Crippen LogP contribution in [0.3, 0.4) is 0 Å². The summed E-state index contributed by atoms with van der Waals surface area (Å²) in [5.74, 6) is 3.68. The fourth-order valence-corrected chi connectivity index (χ4v) is 5.70. The number of rotatable bonds is 2. The molecule has 0 spiro atoms. The number of hydrogen-bond acceptors (Lipinski definition) is 2. The zero-order valence-corrected chi connectivity index (χ0v) is 13.2. The minimum Gasteiger partial charge on any atom is -0.363 e. The average molecular weight is 342 g/mol. The van der Waals surface area contributed by atoms with Gasteiger partial charge in [0.15, 0.2) is 0 Å². The van der Waals surface area contributed by atoms with Crippen molar-refractivity contribution in [2.75, 3.05) is 5.32 Å². The van der Waals surface area contributed by atoms with Crippen LogP contribution in [0.25, 0.3) is 0 Å². The van der Waals surface area contributed by atoms with Crippen LogP contribution in [-0.2, 0) is 0 Å². The third kappa shape index (κ3) is 2.19. The molecule has 19 heavy (non-hydrogen) atoms. The highest BCUT2D eigenvalue weighted by atomic mass is 79.9. The summed E-state index contributed by atoms with van der Waals surface area (Å²) in [6.45, 7) is 0. The molecule has 4 aliphatic rings. The summed E-state index contributed by atoms with van der Waals surface area (Å²) in [5, 5.41) is 4.45. The summed E-state index contributed by atoms with van der Waals surface area (Å²) in [7, 11) is 0. The van der Waals surface area contributed by atoms with Crippen LogP contribution in [0, 0.1) is 17.8 Å². The molecule has 1 aromatic heterocycles. The van der Waals surface area contributed by atoms with Gasteiger partial charge in [0.25, 0.3) is 0 Å². The first-order chi connectivity index (χ1) is 9.12. The Morgan fingerprint density at radius 2 is 1.74 bits per heavy atom. The van der Waals surface area contributed by atoms with Crippen molar-refractivity contribution in [3.63, 3.8) is 0 Å². The summed E-state index contributed by atoms with van der Waals surface area (Å²) in [4.78, 5) is 4.46. The van der Waals surface area contributed by atoms with E-state index in [1.807, 2.05) is 12.3 Å². The number of hydrogen-bond donors (Lipinski definition) is 1. The average Bonchev–Trinajstić information content (AvgIpc) is 2.31. The molecule has 2 nitrogen and oxygen atoms in total. The molecule has 0 unspecified atom stereocenters. The maximum absolute atomic E-state index is 6.31. The second-order valence-corrected chi connectivity index (χ2v) is 8.13. The van der Waals surface area contributed by atoms with Gasteiger partial charge >= 0.3 is 0 Å². The van der Waals surface area contributed by atoms with Gasteiger partial charge in [0.05, 0.1) is 5.02 Å². The molecule has 0 aliphatic heterocycles. The summed E-state index contributed by atoms with van der Waals surface area (Å²) < 4.78 is 0.938. The molecule has 1 heterocycles. The van der Waals surface area contributed by atoms with Crippen molar-refractivity contribution in [2.45, 2.75) is 44.1 Å². The van der Waals surface area contributed by atoms with Crippen molar-refractivity contribution in [3.05, 3.63) is 21.8 Å². The van der Waals surface area contributed by atoms with Crippen LogP contribution in [0.5, 0.6) is 0 Å². The highest BCUT2D eigenvalue weighted by Gasteiger charge is 2.51. The molecule has 0 atom stereocenters. The Hall–Kier alpha value is -0.280. The molecule has 0 saturated heterocycles. The fraction of sp³-hybridized carbons (Fsp3) is 0.667. The zero-order chi connectivity index (χ0) is 13.0. The van der Waals surface area contributed by atoms with E-state index in [-0.39, 0.29) is 5.54 Å². The monoisotopic (exact) mass is 340 g/mol. The molecular formula is C15H18BrClN2. The smallest absolute Gasteiger partial charge is 0.145 e. The molecule has 0 aromatic carbocycles. The molecule has 102 valence electrons. The Morgan fingerprint density at radius 1 is 1.16 bits per heavy atom. The number of aromatic nitrogens is 1. The predicted molar refractivity (Wildman–Crippen MR) is 81.5 cm³/mol. The van der Waals surface area contributed by atoms with E-state index in [0.29, 0.717) is 0 Å². The zero-order valence-electron chi connectivity index (χ0n) is 10.8. The second kappa shape index (κ2) is 4.36. The minimum absolute atomic E-state index is 0.277. The summed E-state index contributed by atoms with van der Waals surface area (Å²) >= 11 is 9.73. The summed E-state index contributed by atoms with van der Waals surface area (Å²) in [6, 6.07) is 1.93. The van der Waals surface area contributed by atoms with Crippen LogP contribution in [0.1, 0.15) is 38.5 Å². The molecule has 4 heteroatoms. The first kappa shape index (κ1) is 12.5. The minimum atomic E-state index is 0.277. The Kier molecular flexibility index (Phi) is 2.86. The first-order valence-electron chi connectivity index (χ1n) is 7.21. The quantitative estimate of drug-likeness (QED) is 0.829. The van der Waals surface area contributed by atoms with E-state index in [4.69, 9.17) is 11.6 Å². The Morgan fingerprint density at radius 3 is 2.26 bits per heavy atom. The maximum atomic E-state index is 6.31. The molecule has 0 radical (unpaired) electrons. The van der Waals surface area contributed by atoms with E-state index in [0.717, 1.165) is 33.1 Å². The fourth-order valence-electron chi connectivity index (χ4n) is 5.02. The van der Waals surface area contributed by atoms with Crippen LogP contribution >= 0.6 is 27.5 Å². The number of anilines is 1. The molecule has 4 saturated carbocycles. The van der Waals surface area contributed by atoms with Gasteiger partial charge in [0.1, 0.15) is 5.82 Å². The Bertz CT molecular complexity index is 482. The SMILES string of the molecule is Clc1cc(Br)cnc1NC12CC3CC(CC(C3)C1)C2. The lowest BCUT2D eigenvalue weighted by Crippen LogP contribution is -2.54.